The first-order chi connectivity index (χ1) is 5.77. The molecule has 12 heavy (non-hydrogen) atoms. The lowest BCUT2D eigenvalue weighted by atomic mass is 10.3. The zero-order chi connectivity index (χ0) is 8.97. The lowest BCUT2D eigenvalue weighted by Gasteiger charge is -2.09. The molecule has 1 rings (SSSR count). The summed E-state index contributed by atoms with van der Waals surface area (Å²) in [6.45, 7) is 0. The van der Waals surface area contributed by atoms with Gasteiger partial charge in [0.05, 0.1) is 12.8 Å². The molecule has 2 N–H and O–H groups in total. The molecule has 0 aliphatic carbocycles. The fourth-order valence-electron chi connectivity index (χ4n) is 0.815. The Hall–Kier alpha value is -1.55. The number of hydrogen-bond donors (Lipinski definition) is 1. The summed E-state index contributed by atoms with van der Waals surface area (Å²) in [5.41, 5.74) is 0.630. The van der Waals surface area contributed by atoms with Gasteiger partial charge in [0.1, 0.15) is 5.75 Å². The Kier molecular flexibility index (Phi) is 2.66. The first kappa shape index (κ1) is 8.55. The molecule has 1 aromatic carbocycles. The van der Waals surface area contributed by atoms with Gasteiger partial charge < -0.3 is 4.74 Å². The number of anilines is 1. The van der Waals surface area contributed by atoms with E-state index in [9.17, 15) is 4.79 Å². The van der Waals surface area contributed by atoms with Gasteiger partial charge in [0.25, 0.3) is 0 Å². The summed E-state index contributed by atoms with van der Waals surface area (Å²) in [6, 6.07) is 6.87. The number of benzene rings is 1. The molecule has 4 heteroatoms. The molecule has 0 spiro atoms. The fourth-order valence-corrected chi connectivity index (χ4v) is 0.815. The SMILES string of the molecule is COc1ccc(N(N)C=O)cc1. The smallest absolute Gasteiger partial charge is 0.228 e. The van der Waals surface area contributed by atoms with E-state index in [2.05, 4.69) is 0 Å². The van der Waals surface area contributed by atoms with Crippen LogP contribution >= 0.6 is 0 Å². The zero-order valence-electron chi connectivity index (χ0n) is 6.73. The van der Waals surface area contributed by atoms with Crippen molar-refractivity contribution in [2.45, 2.75) is 0 Å². The third-order valence-electron chi connectivity index (χ3n) is 1.48. The number of hydrazine groups is 1. The highest BCUT2D eigenvalue weighted by Crippen LogP contribution is 2.15. The van der Waals surface area contributed by atoms with Crippen LogP contribution in [-0.2, 0) is 4.79 Å². The fraction of sp³-hybridized carbons (Fsp3) is 0.125. The average Bonchev–Trinajstić information content (AvgIpc) is 2.17. The van der Waals surface area contributed by atoms with Crippen molar-refractivity contribution in [3.63, 3.8) is 0 Å². The monoisotopic (exact) mass is 166 g/mol. The Morgan fingerprint density at radius 1 is 1.42 bits per heavy atom. The van der Waals surface area contributed by atoms with Gasteiger partial charge in [-0.25, -0.2) is 5.84 Å². The van der Waals surface area contributed by atoms with Gasteiger partial charge in [-0.15, -0.1) is 0 Å². The molecule has 0 fully saturated rings. The molecule has 0 heterocycles. The van der Waals surface area contributed by atoms with Gasteiger partial charge in [0, 0.05) is 0 Å². The standard InChI is InChI=1S/C8H10N2O2/c1-12-8-4-2-7(3-5-8)10(9)6-11/h2-6H,9H2,1H3. The molecule has 0 unspecified atom stereocenters. The number of nitrogens with two attached hydrogens (primary N) is 1. The molecule has 1 amide bonds. The van der Waals surface area contributed by atoms with E-state index in [0.717, 1.165) is 10.8 Å². The largest absolute Gasteiger partial charge is 0.497 e. The highest BCUT2D eigenvalue weighted by Gasteiger charge is 1.98. The first-order valence-electron chi connectivity index (χ1n) is 3.41. The molecule has 0 aliphatic heterocycles. The van der Waals surface area contributed by atoms with Crippen molar-refractivity contribution in [3.05, 3.63) is 24.3 Å². The summed E-state index contributed by atoms with van der Waals surface area (Å²) >= 11 is 0. The zero-order valence-corrected chi connectivity index (χ0v) is 6.73. The molecule has 1 aromatic rings. The van der Waals surface area contributed by atoms with Gasteiger partial charge >= 0.3 is 0 Å². The summed E-state index contributed by atoms with van der Waals surface area (Å²) in [5, 5.41) is 0.999. The number of carbonyl (C=O) groups is 1. The molecule has 0 saturated carbocycles. The maximum absolute atomic E-state index is 10.2. The molecule has 0 radical (unpaired) electrons. The van der Waals surface area contributed by atoms with E-state index in [1.165, 1.54) is 0 Å². The van der Waals surface area contributed by atoms with Crippen LogP contribution in [0.3, 0.4) is 0 Å². The summed E-state index contributed by atoms with van der Waals surface area (Å²) in [7, 11) is 1.58. The minimum absolute atomic E-state index is 0.543. The average molecular weight is 166 g/mol. The summed E-state index contributed by atoms with van der Waals surface area (Å²) in [4.78, 5) is 10.2. The van der Waals surface area contributed by atoms with Crippen LogP contribution < -0.4 is 15.6 Å². The van der Waals surface area contributed by atoms with Crippen LogP contribution in [0.2, 0.25) is 0 Å². The van der Waals surface area contributed by atoms with E-state index in [0.29, 0.717) is 12.1 Å². The van der Waals surface area contributed by atoms with Gasteiger partial charge in [-0.2, -0.15) is 0 Å². The second-order valence-electron chi connectivity index (χ2n) is 2.21. The summed E-state index contributed by atoms with van der Waals surface area (Å²) in [6.07, 6.45) is 0.543. The third-order valence-corrected chi connectivity index (χ3v) is 1.48. The number of methoxy groups -OCH3 is 1. The van der Waals surface area contributed by atoms with Crippen LogP contribution in [0.5, 0.6) is 5.75 Å². The molecular formula is C8H10N2O2. The minimum Gasteiger partial charge on any atom is -0.497 e. The van der Waals surface area contributed by atoms with Crippen LogP contribution in [0.1, 0.15) is 0 Å². The topological polar surface area (TPSA) is 55.6 Å². The molecule has 4 nitrogen and oxygen atoms in total. The van der Waals surface area contributed by atoms with Crippen LogP contribution in [-0.4, -0.2) is 13.5 Å². The van der Waals surface area contributed by atoms with E-state index >= 15 is 0 Å². The number of hydrogen-bond acceptors (Lipinski definition) is 3. The highest BCUT2D eigenvalue weighted by atomic mass is 16.5. The normalized spacial score (nSPS) is 9.17. The predicted octanol–water partition coefficient (Wildman–Crippen LogP) is 0.532. The summed E-state index contributed by atoms with van der Waals surface area (Å²) in [5.74, 6) is 6.04. The Morgan fingerprint density at radius 2 is 2.00 bits per heavy atom. The Bertz CT molecular complexity index is 258. The van der Waals surface area contributed by atoms with Crippen molar-refractivity contribution in [2.75, 3.05) is 12.1 Å². The number of carbonyl (C=O) groups excluding carboxylic acids is 1. The van der Waals surface area contributed by atoms with E-state index in [1.807, 2.05) is 0 Å². The van der Waals surface area contributed by atoms with Crippen LogP contribution in [0.15, 0.2) is 24.3 Å². The minimum atomic E-state index is 0.543. The number of ether oxygens (including phenoxy) is 1. The molecular weight excluding hydrogens is 156 g/mol. The van der Waals surface area contributed by atoms with Crippen molar-refractivity contribution in [1.29, 1.82) is 0 Å². The summed E-state index contributed by atoms with van der Waals surface area (Å²) < 4.78 is 4.93. The number of amides is 1. The van der Waals surface area contributed by atoms with Crippen molar-refractivity contribution in [1.82, 2.24) is 0 Å². The van der Waals surface area contributed by atoms with Crippen molar-refractivity contribution < 1.29 is 9.53 Å². The quantitative estimate of drug-likeness (QED) is 0.308. The van der Waals surface area contributed by atoms with Crippen LogP contribution in [0.25, 0.3) is 0 Å². The van der Waals surface area contributed by atoms with Crippen LogP contribution in [0, 0.1) is 0 Å². The lowest BCUT2D eigenvalue weighted by molar-refractivity contribution is -0.107. The Labute approximate surface area is 70.5 Å². The first-order valence-corrected chi connectivity index (χ1v) is 3.41. The van der Waals surface area contributed by atoms with Gasteiger partial charge in [-0.1, -0.05) is 0 Å². The predicted molar refractivity (Wildman–Crippen MR) is 45.7 cm³/mol. The maximum atomic E-state index is 10.2. The van der Waals surface area contributed by atoms with E-state index < -0.39 is 0 Å². The molecule has 0 atom stereocenters. The van der Waals surface area contributed by atoms with Crippen molar-refractivity contribution >= 4 is 12.1 Å². The van der Waals surface area contributed by atoms with Gasteiger partial charge in [0.15, 0.2) is 0 Å². The van der Waals surface area contributed by atoms with Gasteiger partial charge in [0.2, 0.25) is 6.41 Å². The van der Waals surface area contributed by atoms with E-state index in [4.69, 9.17) is 10.6 Å². The van der Waals surface area contributed by atoms with Gasteiger partial charge in [-0.3, -0.25) is 9.80 Å². The second-order valence-corrected chi connectivity index (χ2v) is 2.21. The maximum Gasteiger partial charge on any atom is 0.228 e. The van der Waals surface area contributed by atoms with E-state index in [-0.39, 0.29) is 0 Å². The lowest BCUT2D eigenvalue weighted by Crippen LogP contribution is -2.28. The molecule has 64 valence electrons. The van der Waals surface area contributed by atoms with Gasteiger partial charge in [-0.05, 0) is 24.3 Å². The highest BCUT2D eigenvalue weighted by molar-refractivity contribution is 5.73. The second kappa shape index (κ2) is 3.73. The Morgan fingerprint density at radius 3 is 2.42 bits per heavy atom. The third kappa shape index (κ3) is 1.73. The van der Waals surface area contributed by atoms with Crippen molar-refractivity contribution in [3.8, 4) is 5.75 Å². The molecule has 0 aromatic heterocycles. The number of nitrogens with zero attached hydrogens (tertiary/aromatic N) is 1. The Balaban J connectivity index is 2.84. The van der Waals surface area contributed by atoms with Crippen LogP contribution in [0.4, 0.5) is 5.69 Å². The molecule has 0 bridgehead atoms. The molecule has 0 aliphatic rings. The molecule has 0 saturated heterocycles. The number of rotatable bonds is 3. The van der Waals surface area contributed by atoms with Crippen molar-refractivity contribution in [2.24, 2.45) is 5.84 Å². The van der Waals surface area contributed by atoms with E-state index in [1.54, 1.807) is 31.4 Å².